The Morgan fingerprint density at radius 1 is 1.06 bits per heavy atom. The van der Waals surface area contributed by atoms with E-state index >= 15 is 0 Å². The van der Waals surface area contributed by atoms with Gasteiger partial charge in [0, 0.05) is 17.9 Å². The van der Waals surface area contributed by atoms with Crippen LogP contribution in [0, 0.1) is 34.5 Å². The lowest BCUT2D eigenvalue weighted by atomic mass is 9.45. The Kier molecular flexibility index (Phi) is 6.46. The summed E-state index contributed by atoms with van der Waals surface area (Å²) in [6.45, 7) is 19.1. The SMILES string of the molecule is CCCCC1C=C2CC(O[Si](C)(C)C(C)(C)C)CC[C@]2(C)[C@@H]2CC[C@]3(C)C(=O)CC[C@H]3[C@H]12. The first-order chi connectivity index (χ1) is 14.8. The summed E-state index contributed by atoms with van der Waals surface area (Å²) in [5.74, 6) is 3.35. The zero-order chi connectivity index (χ0) is 23.5. The third-order valence-corrected chi connectivity index (χ3v) is 15.6. The maximum absolute atomic E-state index is 12.9. The molecule has 0 heterocycles. The second-order valence-electron chi connectivity index (χ2n) is 13.9. The van der Waals surface area contributed by atoms with Gasteiger partial charge in [0.2, 0.25) is 0 Å². The minimum absolute atomic E-state index is 0.0318. The standard InChI is InChI=1S/C29H50O2Si/c1-9-10-11-20-18-21-19-22(31-32(7,8)27(2,3)4)14-16-28(21,5)24-15-17-29(6)23(26(20)24)12-13-25(29)30/h18,20,22-24,26H,9-17,19H2,1-8H3/t20?,22?,23-,24+,26-,28-,29-/m0/s1. The van der Waals surface area contributed by atoms with Gasteiger partial charge in [0.05, 0.1) is 0 Å². The monoisotopic (exact) mass is 458 g/mol. The number of Topliss-reactive ketones (excluding diaryl/α,β-unsaturated/α-hetero) is 1. The van der Waals surface area contributed by atoms with Gasteiger partial charge in [0.25, 0.3) is 0 Å². The Morgan fingerprint density at radius 2 is 1.72 bits per heavy atom. The van der Waals surface area contributed by atoms with Gasteiger partial charge in [-0.2, -0.15) is 0 Å². The van der Waals surface area contributed by atoms with Crippen LogP contribution in [0.3, 0.4) is 0 Å². The number of unbranched alkanes of at least 4 members (excludes halogenated alkanes) is 1. The Morgan fingerprint density at radius 3 is 2.38 bits per heavy atom. The van der Waals surface area contributed by atoms with Crippen molar-refractivity contribution in [3.8, 4) is 0 Å². The molecule has 3 fully saturated rings. The van der Waals surface area contributed by atoms with Gasteiger partial charge in [0.1, 0.15) is 5.78 Å². The smallest absolute Gasteiger partial charge is 0.192 e. The van der Waals surface area contributed by atoms with Gasteiger partial charge >= 0.3 is 0 Å². The molecule has 4 aliphatic carbocycles. The van der Waals surface area contributed by atoms with Gasteiger partial charge in [-0.25, -0.2) is 0 Å². The molecule has 3 saturated carbocycles. The fourth-order valence-electron chi connectivity index (χ4n) is 7.97. The molecule has 32 heavy (non-hydrogen) atoms. The van der Waals surface area contributed by atoms with Crippen LogP contribution < -0.4 is 0 Å². The molecule has 7 atom stereocenters. The highest BCUT2D eigenvalue weighted by atomic mass is 28.4. The largest absolute Gasteiger partial charge is 0.414 e. The Hall–Kier alpha value is -0.413. The van der Waals surface area contributed by atoms with Crippen LogP contribution in [0.2, 0.25) is 18.1 Å². The molecule has 182 valence electrons. The molecule has 4 rings (SSSR count). The van der Waals surface area contributed by atoms with Crippen LogP contribution in [0.15, 0.2) is 11.6 Å². The number of carbonyl (C=O) groups excluding carboxylic acids is 1. The first kappa shape index (κ1) is 24.7. The van der Waals surface area contributed by atoms with E-state index in [1.54, 1.807) is 5.57 Å². The van der Waals surface area contributed by atoms with Crippen LogP contribution in [-0.2, 0) is 9.22 Å². The van der Waals surface area contributed by atoms with Crippen LogP contribution in [-0.4, -0.2) is 20.2 Å². The summed E-state index contributed by atoms with van der Waals surface area (Å²) >= 11 is 0. The van der Waals surface area contributed by atoms with Gasteiger partial charge < -0.3 is 4.43 Å². The molecule has 0 N–H and O–H groups in total. The van der Waals surface area contributed by atoms with Gasteiger partial charge in [-0.05, 0) is 92.2 Å². The van der Waals surface area contributed by atoms with E-state index in [4.69, 9.17) is 4.43 Å². The number of hydrogen-bond donors (Lipinski definition) is 0. The number of hydrogen-bond acceptors (Lipinski definition) is 2. The zero-order valence-electron chi connectivity index (χ0n) is 22.4. The van der Waals surface area contributed by atoms with Gasteiger partial charge in [-0.15, -0.1) is 0 Å². The van der Waals surface area contributed by atoms with Gasteiger partial charge in [-0.3, -0.25) is 4.79 Å². The van der Waals surface area contributed by atoms with E-state index in [0.717, 1.165) is 37.5 Å². The lowest BCUT2D eigenvalue weighted by Crippen LogP contribution is -2.54. The van der Waals surface area contributed by atoms with Crippen LogP contribution in [0.1, 0.15) is 106 Å². The lowest BCUT2D eigenvalue weighted by Gasteiger charge is -2.59. The van der Waals surface area contributed by atoms with E-state index in [-0.39, 0.29) is 10.5 Å². The molecule has 0 saturated heterocycles. The molecule has 0 aliphatic heterocycles. The van der Waals surface area contributed by atoms with Crippen LogP contribution >= 0.6 is 0 Å². The maximum Gasteiger partial charge on any atom is 0.192 e. The predicted molar refractivity (Wildman–Crippen MR) is 137 cm³/mol. The molecule has 0 amide bonds. The van der Waals surface area contributed by atoms with Crippen LogP contribution in [0.4, 0.5) is 0 Å². The molecule has 0 aromatic carbocycles. The van der Waals surface area contributed by atoms with E-state index in [0.29, 0.717) is 29.1 Å². The van der Waals surface area contributed by atoms with Crippen molar-refractivity contribution in [2.75, 3.05) is 0 Å². The topological polar surface area (TPSA) is 26.3 Å². The highest BCUT2D eigenvalue weighted by Gasteiger charge is 2.60. The molecule has 3 heteroatoms. The molecular weight excluding hydrogens is 408 g/mol. The number of allylic oxidation sites excluding steroid dienone is 1. The molecule has 0 aromatic heterocycles. The first-order valence-electron chi connectivity index (χ1n) is 13.8. The maximum atomic E-state index is 12.9. The third-order valence-electron chi connectivity index (χ3n) is 11.1. The summed E-state index contributed by atoms with van der Waals surface area (Å²) in [5, 5.41) is 0.270. The molecule has 0 radical (unpaired) electrons. The molecule has 0 spiro atoms. The van der Waals surface area contributed by atoms with E-state index in [1.165, 1.54) is 38.5 Å². The van der Waals surface area contributed by atoms with Crippen molar-refractivity contribution in [3.63, 3.8) is 0 Å². The minimum Gasteiger partial charge on any atom is -0.414 e. The number of ketones is 1. The summed E-state index contributed by atoms with van der Waals surface area (Å²) in [6.07, 6.45) is 15.0. The lowest BCUT2D eigenvalue weighted by molar-refractivity contribution is -0.133. The first-order valence-corrected chi connectivity index (χ1v) is 16.7. The summed E-state index contributed by atoms with van der Waals surface area (Å²) in [7, 11) is -1.75. The summed E-state index contributed by atoms with van der Waals surface area (Å²) in [6, 6.07) is 0. The molecule has 0 bridgehead atoms. The fourth-order valence-corrected chi connectivity index (χ4v) is 9.36. The average Bonchev–Trinajstić information content (AvgIpc) is 3.00. The van der Waals surface area contributed by atoms with Crippen LogP contribution in [0.25, 0.3) is 0 Å². The highest BCUT2D eigenvalue weighted by Crippen LogP contribution is 2.66. The van der Waals surface area contributed by atoms with Crippen molar-refractivity contribution in [2.24, 2.45) is 34.5 Å². The molecule has 2 nitrogen and oxygen atoms in total. The van der Waals surface area contributed by atoms with E-state index in [2.05, 4.69) is 60.7 Å². The zero-order valence-corrected chi connectivity index (χ0v) is 23.4. The van der Waals surface area contributed by atoms with Gasteiger partial charge in [-0.1, -0.05) is 66.0 Å². The highest BCUT2D eigenvalue weighted by molar-refractivity contribution is 6.74. The van der Waals surface area contributed by atoms with Gasteiger partial charge in [0.15, 0.2) is 8.32 Å². The van der Waals surface area contributed by atoms with Crippen molar-refractivity contribution in [1.82, 2.24) is 0 Å². The minimum atomic E-state index is -1.75. The second kappa shape index (κ2) is 8.36. The fraction of sp³-hybridized carbons (Fsp3) is 0.897. The molecule has 4 aliphatic rings. The van der Waals surface area contributed by atoms with E-state index < -0.39 is 8.32 Å². The van der Waals surface area contributed by atoms with Crippen molar-refractivity contribution in [1.29, 1.82) is 0 Å². The summed E-state index contributed by atoms with van der Waals surface area (Å²) in [5.41, 5.74) is 2.02. The predicted octanol–water partition coefficient (Wildman–Crippen LogP) is 8.33. The quantitative estimate of drug-likeness (QED) is 0.306. The number of fused-ring (bicyclic) bond motifs is 5. The second-order valence-corrected chi connectivity index (χ2v) is 18.6. The van der Waals surface area contributed by atoms with Crippen molar-refractivity contribution < 1.29 is 9.22 Å². The van der Waals surface area contributed by atoms with Crippen molar-refractivity contribution in [2.45, 2.75) is 130 Å². The molecule has 2 unspecified atom stereocenters. The Labute approximate surface area is 199 Å². The Balaban J connectivity index is 1.64. The number of carbonyl (C=O) groups is 1. The molecular formula is C29H50O2Si. The summed E-state index contributed by atoms with van der Waals surface area (Å²) in [4.78, 5) is 12.9. The van der Waals surface area contributed by atoms with E-state index in [9.17, 15) is 4.79 Å². The number of rotatable bonds is 5. The van der Waals surface area contributed by atoms with Crippen molar-refractivity contribution in [3.05, 3.63) is 11.6 Å². The summed E-state index contributed by atoms with van der Waals surface area (Å²) < 4.78 is 6.94. The van der Waals surface area contributed by atoms with Crippen LogP contribution in [0.5, 0.6) is 0 Å². The third kappa shape index (κ3) is 3.92. The molecule has 0 aromatic rings. The van der Waals surface area contributed by atoms with Crippen molar-refractivity contribution >= 4 is 14.1 Å². The normalized spacial score (nSPS) is 42.2. The van der Waals surface area contributed by atoms with E-state index in [1.807, 2.05) is 0 Å². The average molecular weight is 459 g/mol. The Bertz CT molecular complexity index is 762.